The molecule has 17 heavy (non-hydrogen) atoms. The average molecular weight is 254 g/mol. The van der Waals surface area contributed by atoms with E-state index in [1.54, 1.807) is 18.3 Å². The second-order valence-corrected chi connectivity index (χ2v) is 4.60. The van der Waals surface area contributed by atoms with E-state index in [2.05, 4.69) is 10.6 Å². The molecule has 2 amide bonds. The van der Waals surface area contributed by atoms with Gasteiger partial charge in [0.1, 0.15) is 6.04 Å². The maximum absolute atomic E-state index is 11.6. The van der Waals surface area contributed by atoms with Crippen LogP contribution >= 0.6 is 11.3 Å². The molecule has 0 aromatic carbocycles. The normalized spacial score (nSPS) is 11.9. The molecule has 0 saturated heterocycles. The maximum atomic E-state index is 11.6. The lowest BCUT2D eigenvalue weighted by Crippen LogP contribution is -2.44. The molecule has 1 aromatic rings. The number of rotatable bonds is 6. The standard InChI is InChI=1S/C12H18N2O2S/c1-3-13-12(16)9(2)14-11(15)5-4-10-6-7-17-8-10/h6-9H,3-5H2,1-2H3,(H,13,16)(H,14,15)/t9-/m1/s1. The summed E-state index contributed by atoms with van der Waals surface area (Å²) in [6.45, 7) is 4.12. The fourth-order valence-corrected chi connectivity index (χ4v) is 2.10. The van der Waals surface area contributed by atoms with Gasteiger partial charge in [-0.2, -0.15) is 11.3 Å². The minimum absolute atomic E-state index is 0.0880. The number of carbonyl (C=O) groups excluding carboxylic acids is 2. The molecule has 4 nitrogen and oxygen atoms in total. The molecule has 1 atom stereocenters. The summed E-state index contributed by atoms with van der Waals surface area (Å²) in [6.07, 6.45) is 1.14. The van der Waals surface area contributed by atoms with E-state index in [-0.39, 0.29) is 11.8 Å². The molecule has 0 saturated carbocycles. The van der Waals surface area contributed by atoms with Crippen LogP contribution in [0.25, 0.3) is 0 Å². The average Bonchev–Trinajstić information content (AvgIpc) is 2.79. The van der Waals surface area contributed by atoms with Gasteiger partial charge in [0.2, 0.25) is 11.8 Å². The van der Waals surface area contributed by atoms with Gasteiger partial charge >= 0.3 is 0 Å². The number of likely N-dealkylation sites (N-methyl/N-ethyl adjacent to an activating group) is 1. The highest BCUT2D eigenvalue weighted by molar-refractivity contribution is 7.07. The molecule has 0 aliphatic carbocycles. The zero-order valence-corrected chi connectivity index (χ0v) is 11.0. The summed E-state index contributed by atoms with van der Waals surface area (Å²) >= 11 is 1.62. The van der Waals surface area contributed by atoms with Gasteiger partial charge in [0.15, 0.2) is 0 Å². The monoisotopic (exact) mass is 254 g/mol. The molecule has 5 heteroatoms. The van der Waals surface area contributed by atoms with Crippen molar-refractivity contribution in [3.8, 4) is 0 Å². The van der Waals surface area contributed by atoms with Crippen molar-refractivity contribution in [1.82, 2.24) is 10.6 Å². The zero-order chi connectivity index (χ0) is 12.7. The SMILES string of the molecule is CCNC(=O)[C@@H](C)NC(=O)CCc1ccsc1. The highest BCUT2D eigenvalue weighted by atomic mass is 32.1. The van der Waals surface area contributed by atoms with Gasteiger partial charge in [-0.1, -0.05) is 0 Å². The Morgan fingerprint density at radius 3 is 2.82 bits per heavy atom. The Morgan fingerprint density at radius 2 is 2.24 bits per heavy atom. The van der Waals surface area contributed by atoms with Crippen molar-refractivity contribution < 1.29 is 9.59 Å². The minimum Gasteiger partial charge on any atom is -0.355 e. The Kier molecular flexibility index (Phi) is 5.69. The van der Waals surface area contributed by atoms with Crippen LogP contribution in [0.3, 0.4) is 0 Å². The number of hydrogen-bond acceptors (Lipinski definition) is 3. The number of hydrogen-bond donors (Lipinski definition) is 2. The highest BCUT2D eigenvalue weighted by Gasteiger charge is 2.14. The lowest BCUT2D eigenvalue weighted by atomic mass is 10.2. The topological polar surface area (TPSA) is 58.2 Å². The first-order valence-corrected chi connectivity index (χ1v) is 6.66. The van der Waals surface area contributed by atoms with Crippen molar-refractivity contribution in [1.29, 1.82) is 0 Å². The van der Waals surface area contributed by atoms with Crippen LogP contribution < -0.4 is 10.6 Å². The van der Waals surface area contributed by atoms with E-state index in [0.717, 1.165) is 12.0 Å². The smallest absolute Gasteiger partial charge is 0.242 e. The molecular formula is C12H18N2O2S. The van der Waals surface area contributed by atoms with Crippen LogP contribution in [-0.2, 0) is 16.0 Å². The summed E-state index contributed by atoms with van der Waals surface area (Å²) in [5.41, 5.74) is 1.16. The molecule has 1 aromatic heterocycles. The van der Waals surface area contributed by atoms with Gasteiger partial charge in [-0.15, -0.1) is 0 Å². The summed E-state index contributed by atoms with van der Waals surface area (Å²) in [5.74, 6) is -0.230. The molecular weight excluding hydrogens is 236 g/mol. The van der Waals surface area contributed by atoms with E-state index in [0.29, 0.717) is 13.0 Å². The number of thiophene rings is 1. The molecule has 0 spiro atoms. The van der Waals surface area contributed by atoms with Crippen molar-refractivity contribution in [3.05, 3.63) is 22.4 Å². The third-order valence-electron chi connectivity index (χ3n) is 2.34. The van der Waals surface area contributed by atoms with Crippen LogP contribution in [0.1, 0.15) is 25.8 Å². The molecule has 94 valence electrons. The zero-order valence-electron chi connectivity index (χ0n) is 10.2. The van der Waals surface area contributed by atoms with Gasteiger partial charge < -0.3 is 10.6 Å². The molecule has 1 rings (SSSR count). The quantitative estimate of drug-likeness (QED) is 0.804. The van der Waals surface area contributed by atoms with Crippen LogP contribution in [0.4, 0.5) is 0 Å². The largest absolute Gasteiger partial charge is 0.355 e. The Hall–Kier alpha value is -1.36. The maximum Gasteiger partial charge on any atom is 0.242 e. The molecule has 0 unspecified atom stereocenters. The molecule has 0 aliphatic rings. The van der Waals surface area contributed by atoms with Gasteiger partial charge in [0, 0.05) is 13.0 Å². The van der Waals surface area contributed by atoms with Gasteiger partial charge in [-0.25, -0.2) is 0 Å². The number of amides is 2. The molecule has 0 radical (unpaired) electrons. The predicted molar refractivity (Wildman–Crippen MR) is 68.9 cm³/mol. The van der Waals surface area contributed by atoms with Crippen LogP contribution in [0.15, 0.2) is 16.8 Å². The fourth-order valence-electron chi connectivity index (χ4n) is 1.40. The van der Waals surface area contributed by atoms with E-state index in [9.17, 15) is 9.59 Å². The molecule has 2 N–H and O–H groups in total. The number of nitrogens with one attached hydrogen (secondary N) is 2. The first kappa shape index (κ1) is 13.7. The molecule has 1 heterocycles. The van der Waals surface area contributed by atoms with E-state index in [1.165, 1.54) is 0 Å². The van der Waals surface area contributed by atoms with Crippen molar-refractivity contribution in [2.45, 2.75) is 32.7 Å². The number of aryl methyl sites for hydroxylation is 1. The van der Waals surface area contributed by atoms with Gasteiger partial charge in [-0.05, 0) is 42.7 Å². The second kappa shape index (κ2) is 7.06. The third-order valence-corrected chi connectivity index (χ3v) is 3.07. The van der Waals surface area contributed by atoms with E-state index in [1.807, 2.05) is 23.8 Å². The Balaban J connectivity index is 2.27. The van der Waals surface area contributed by atoms with Gasteiger partial charge in [0.05, 0.1) is 0 Å². The summed E-state index contributed by atoms with van der Waals surface area (Å²) in [5, 5.41) is 9.37. The molecule has 0 bridgehead atoms. The second-order valence-electron chi connectivity index (χ2n) is 3.82. The van der Waals surface area contributed by atoms with Gasteiger partial charge in [-0.3, -0.25) is 9.59 Å². The molecule has 0 fully saturated rings. The van der Waals surface area contributed by atoms with Crippen molar-refractivity contribution in [2.24, 2.45) is 0 Å². The summed E-state index contributed by atoms with van der Waals surface area (Å²) < 4.78 is 0. The van der Waals surface area contributed by atoms with E-state index < -0.39 is 6.04 Å². The fraction of sp³-hybridized carbons (Fsp3) is 0.500. The van der Waals surface area contributed by atoms with E-state index >= 15 is 0 Å². The van der Waals surface area contributed by atoms with Crippen LogP contribution in [-0.4, -0.2) is 24.4 Å². The van der Waals surface area contributed by atoms with Crippen LogP contribution in [0.5, 0.6) is 0 Å². The summed E-state index contributed by atoms with van der Waals surface area (Å²) in [4.78, 5) is 23.0. The van der Waals surface area contributed by atoms with Crippen molar-refractivity contribution >= 4 is 23.2 Å². The first-order valence-electron chi connectivity index (χ1n) is 5.71. The first-order chi connectivity index (χ1) is 8.13. The van der Waals surface area contributed by atoms with Crippen molar-refractivity contribution in [2.75, 3.05) is 6.54 Å². The Bertz CT molecular complexity index is 363. The summed E-state index contributed by atoms with van der Waals surface area (Å²) in [6, 6.07) is 1.54. The van der Waals surface area contributed by atoms with Crippen LogP contribution in [0.2, 0.25) is 0 Å². The van der Waals surface area contributed by atoms with E-state index in [4.69, 9.17) is 0 Å². The Labute approximate surface area is 105 Å². The van der Waals surface area contributed by atoms with Gasteiger partial charge in [0.25, 0.3) is 0 Å². The molecule has 0 aliphatic heterocycles. The lowest BCUT2D eigenvalue weighted by Gasteiger charge is -2.12. The minimum atomic E-state index is -0.468. The number of carbonyl (C=O) groups is 2. The Morgan fingerprint density at radius 1 is 1.47 bits per heavy atom. The van der Waals surface area contributed by atoms with Crippen molar-refractivity contribution in [3.63, 3.8) is 0 Å². The highest BCUT2D eigenvalue weighted by Crippen LogP contribution is 2.08. The lowest BCUT2D eigenvalue weighted by molar-refractivity contribution is -0.128. The summed E-state index contributed by atoms with van der Waals surface area (Å²) in [7, 11) is 0. The van der Waals surface area contributed by atoms with Crippen LogP contribution in [0, 0.1) is 0 Å². The predicted octanol–water partition coefficient (Wildman–Crippen LogP) is 1.32. The third kappa shape index (κ3) is 4.99.